The van der Waals surface area contributed by atoms with E-state index in [0.717, 1.165) is 134 Å². The Morgan fingerprint density at radius 1 is 0.279 bits per heavy atom. The molecule has 0 aliphatic carbocycles. The Bertz CT molecular complexity index is 4620. The van der Waals surface area contributed by atoms with Crippen molar-refractivity contribution in [1.82, 2.24) is 19.9 Å². The molecule has 13 rings (SSSR count). The van der Waals surface area contributed by atoms with Crippen LogP contribution in [0, 0.1) is 0 Å². The fraction of sp³-hybridized carbons (Fsp3) is 0.105. The van der Waals surface area contributed by atoms with Crippen molar-refractivity contribution < 1.29 is 111 Å². The number of benzene rings is 4. The molecule has 2 aliphatic heterocycles. The molecule has 7 aromatic heterocycles. The van der Waals surface area contributed by atoms with Gasteiger partial charge in [0.1, 0.15) is 52.1 Å². The summed E-state index contributed by atoms with van der Waals surface area (Å²) < 4.78 is 135. The molecule has 4 aromatic carbocycles. The molecule has 2 N–H and O–H groups in total. The topological polar surface area (TPSA) is 233 Å². The van der Waals surface area contributed by atoms with Gasteiger partial charge in [0, 0.05) is 115 Å². The van der Waals surface area contributed by atoms with E-state index in [2.05, 4.69) is 300 Å². The number of alkyl halides is 12. The SMILES string of the molecule is C[n+]1ccccc1-c1ccc(-c2c3nc(c(-c4ccc(-c5cccc[n+]5C)cc4)c4ccc([nH]4)c(-c4ccc(-c5cccc[n+]5C)cc4)c4nc(c(-c5ccc(-c6cccc[n+]6C)cc5)c5ccc2[nH]5)C=C4)C=C3)cc1.O=C([O-])C(F)(F)F.O=C([O-])C(F)(F)F.O=C([O-])C(F)(F)F.O=C([O-])C(F)(F)F. The maximum atomic E-state index is 10.5. The maximum absolute atomic E-state index is 10.5. The van der Waals surface area contributed by atoms with Crippen molar-refractivity contribution >= 4 is 70.2 Å². The number of carboxylic acid groups (broad SMARTS) is 4. The molecule has 2 aliphatic rings. The average molecular weight is 1440 g/mol. The lowest BCUT2D eigenvalue weighted by Crippen LogP contribution is -2.37. The number of aryl methyl sites for hydroxylation is 4. The van der Waals surface area contributed by atoms with Gasteiger partial charge in [0.25, 0.3) is 0 Å². The van der Waals surface area contributed by atoms with Crippen LogP contribution in [0.1, 0.15) is 22.8 Å². The molecule has 8 bridgehead atoms. The summed E-state index contributed by atoms with van der Waals surface area (Å²) in [5, 5.41) is 35.1. The number of carbonyl (C=O) groups excluding carboxylic acids is 4. The first-order valence-corrected chi connectivity index (χ1v) is 30.6. The molecular weight excluding hydrogens is 1380 g/mol. The number of aliphatic carboxylic acids is 4. The zero-order valence-electron chi connectivity index (χ0n) is 54.6. The third-order valence-electron chi connectivity index (χ3n) is 15.8. The Balaban J connectivity index is 0.000000380. The number of rotatable bonds is 8. The normalized spacial score (nSPS) is 11.7. The van der Waals surface area contributed by atoms with Crippen LogP contribution in [0.3, 0.4) is 0 Å². The fourth-order valence-corrected chi connectivity index (χ4v) is 10.9. The van der Waals surface area contributed by atoms with E-state index in [9.17, 15) is 52.7 Å². The van der Waals surface area contributed by atoms with E-state index in [0.29, 0.717) is 0 Å². The molecule has 0 fully saturated rings. The van der Waals surface area contributed by atoms with Crippen LogP contribution in [0.2, 0.25) is 0 Å². The van der Waals surface area contributed by atoms with Crippen LogP contribution in [0.25, 0.3) is 136 Å². The molecule has 11 aromatic rings. The Hall–Kier alpha value is -12.9. The smallest absolute Gasteiger partial charge is 0.430 e. The first kappa shape index (κ1) is 75.3. The molecule has 0 radical (unpaired) electrons. The average Bonchev–Trinajstić information content (AvgIpc) is 1.61. The second kappa shape index (κ2) is 31.3. The summed E-state index contributed by atoms with van der Waals surface area (Å²) in [7, 11) is 8.34. The molecule has 0 saturated carbocycles. The Kier molecular flexibility index (Phi) is 22.7. The van der Waals surface area contributed by atoms with E-state index in [1.807, 2.05) is 0 Å². The van der Waals surface area contributed by atoms with Gasteiger partial charge in [0.15, 0.2) is 24.8 Å². The fourth-order valence-electron chi connectivity index (χ4n) is 10.9. The largest absolute Gasteiger partial charge is 0.542 e. The quantitative estimate of drug-likeness (QED) is 0.108. The summed E-state index contributed by atoms with van der Waals surface area (Å²) >= 11 is 0. The number of hydrogen-bond acceptors (Lipinski definition) is 10. The van der Waals surface area contributed by atoms with Crippen molar-refractivity contribution in [3.05, 3.63) is 242 Å². The van der Waals surface area contributed by atoms with Crippen LogP contribution in [-0.4, -0.2) is 68.5 Å². The monoisotopic (exact) mass is 1430 g/mol. The number of pyridine rings is 4. The summed E-state index contributed by atoms with van der Waals surface area (Å²) in [6.07, 6.45) is -3.77. The predicted octanol–water partition coefficient (Wildman–Crippen LogP) is 10.5. The summed E-state index contributed by atoms with van der Waals surface area (Å²) in [6.45, 7) is 0. The van der Waals surface area contributed by atoms with Crippen LogP contribution >= 0.6 is 0 Å². The number of aromatic amines is 2. The van der Waals surface area contributed by atoms with Crippen LogP contribution in [-0.2, 0) is 47.4 Å². The molecule has 0 saturated heterocycles. The van der Waals surface area contributed by atoms with Gasteiger partial charge >= 0.3 is 24.7 Å². The van der Waals surface area contributed by atoms with Gasteiger partial charge in [-0.2, -0.15) is 52.7 Å². The van der Waals surface area contributed by atoms with E-state index in [1.165, 1.54) is 0 Å². The van der Waals surface area contributed by atoms with Crippen molar-refractivity contribution in [3.63, 3.8) is 0 Å². The Morgan fingerprint density at radius 3 is 0.596 bits per heavy atom. The molecule has 0 atom stereocenters. The van der Waals surface area contributed by atoms with Crippen molar-refractivity contribution in [2.45, 2.75) is 24.7 Å². The lowest BCUT2D eigenvalue weighted by molar-refractivity contribution is -0.660. The van der Waals surface area contributed by atoms with Gasteiger partial charge in [0.05, 0.1) is 22.8 Å². The van der Waals surface area contributed by atoms with Crippen LogP contribution < -0.4 is 38.7 Å². The molecular formula is C76H54F12N8O8. The highest BCUT2D eigenvalue weighted by Crippen LogP contribution is 2.40. The van der Waals surface area contributed by atoms with Gasteiger partial charge < -0.3 is 49.6 Å². The Morgan fingerprint density at radius 2 is 0.442 bits per heavy atom. The highest BCUT2D eigenvalue weighted by molar-refractivity contribution is 6.00. The van der Waals surface area contributed by atoms with E-state index < -0.39 is 48.6 Å². The number of halogens is 12. The van der Waals surface area contributed by atoms with E-state index in [4.69, 9.17) is 49.6 Å². The van der Waals surface area contributed by atoms with Crippen molar-refractivity contribution in [3.8, 4) is 89.5 Å². The minimum Gasteiger partial charge on any atom is -0.542 e. The zero-order valence-corrected chi connectivity index (χ0v) is 54.6. The third kappa shape index (κ3) is 18.2. The van der Waals surface area contributed by atoms with Crippen molar-refractivity contribution in [2.24, 2.45) is 28.2 Å². The number of hydrogen-bond donors (Lipinski definition) is 2. The van der Waals surface area contributed by atoms with E-state index in [-0.39, 0.29) is 0 Å². The van der Waals surface area contributed by atoms with Gasteiger partial charge in [-0.1, -0.05) is 48.5 Å². The van der Waals surface area contributed by atoms with Gasteiger partial charge in [-0.15, -0.1) is 0 Å². The highest BCUT2D eigenvalue weighted by atomic mass is 19.4. The highest BCUT2D eigenvalue weighted by Gasteiger charge is 2.31. The second-order valence-corrected chi connectivity index (χ2v) is 22.7. The van der Waals surface area contributed by atoms with Gasteiger partial charge in [0.2, 0.25) is 22.8 Å². The molecule has 16 nitrogen and oxygen atoms in total. The molecule has 530 valence electrons. The molecule has 9 heterocycles. The number of carboxylic acids is 4. The summed E-state index contributed by atoms with van der Waals surface area (Å²) in [5.41, 5.74) is 24.5. The standard InChI is InChI=1S/C68H53N8.4C2HF3O2/c1-73-41-9-5-13-61(73)45-17-25-49(26-18-45)65-53-33-35-55(69-53)66(50-27-19-46(20-28-50)62-14-6-10-42-74(62)2)57-37-39-59(71-57)68(52-31-23-48(24-32-52)64-16-8-12-44-76(64)4)60-40-38-58(72-60)67(56-36-34-54(65)70-56)51-29-21-47(22-30-51)63-15-7-11-43-75(63)3;4*3-2(4,5)1(6)7/h5-44H,1-4H3,(H,69,70,71,72);4*(H,6,7)/q+3;;;;/p-3. The van der Waals surface area contributed by atoms with Crippen molar-refractivity contribution in [1.29, 1.82) is 0 Å². The number of H-pyrrole nitrogens is 2. The second-order valence-electron chi connectivity index (χ2n) is 22.7. The first-order chi connectivity index (χ1) is 49.1. The van der Waals surface area contributed by atoms with Crippen LogP contribution in [0.5, 0.6) is 0 Å². The Labute approximate surface area is 582 Å². The van der Waals surface area contributed by atoms with Crippen molar-refractivity contribution in [2.75, 3.05) is 0 Å². The number of fused-ring (bicyclic) bond motifs is 8. The number of nitrogens with zero attached hydrogens (tertiary/aromatic N) is 6. The van der Waals surface area contributed by atoms with Crippen LogP contribution in [0.4, 0.5) is 52.7 Å². The van der Waals surface area contributed by atoms with E-state index >= 15 is 0 Å². The third-order valence-corrected chi connectivity index (χ3v) is 15.8. The molecule has 28 heteroatoms. The van der Waals surface area contributed by atoms with Gasteiger partial charge in [-0.05, 0) is 144 Å². The van der Waals surface area contributed by atoms with Gasteiger partial charge in [-0.3, -0.25) is 0 Å². The van der Waals surface area contributed by atoms with Crippen LogP contribution in [0.15, 0.2) is 219 Å². The lowest BCUT2D eigenvalue weighted by atomic mass is 10.0. The number of aromatic nitrogens is 8. The molecule has 0 unspecified atom stereocenters. The number of carbonyl (C=O) groups is 4. The summed E-state index contributed by atoms with van der Waals surface area (Å²) in [4.78, 5) is 54.3. The number of nitrogens with one attached hydrogen (secondary N) is 2. The maximum Gasteiger partial charge on any atom is 0.430 e. The predicted molar refractivity (Wildman–Crippen MR) is 351 cm³/mol. The molecule has 104 heavy (non-hydrogen) atoms. The minimum absolute atomic E-state index is 0.861. The van der Waals surface area contributed by atoms with Gasteiger partial charge in [-0.25, -0.2) is 28.2 Å². The lowest BCUT2D eigenvalue weighted by Gasteiger charge is -2.08. The summed E-state index contributed by atoms with van der Waals surface area (Å²) in [6, 6.07) is 69.4. The molecule has 0 spiro atoms. The zero-order chi connectivity index (χ0) is 75.6. The first-order valence-electron chi connectivity index (χ1n) is 30.6. The minimum atomic E-state index is -5.19. The summed E-state index contributed by atoms with van der Waals surface area (Å²) in [5.74, 6) is -12.0. The molecule has 0 amide bonds. The van der Waals surface area contributed by atoms with E-state index in [1.54, 1.807) is 0 Å².